The van der Waals surface area contributed by atoms with Crippen molar-refractivity contribution in [2.75, 3.05) is 19.5 Å². The molecule has 2 rings (SSSR count). The lowest BCUT2D eigenvalue weighted by molar-refractivity contribution is 0.209. The lowest BCUT2D eigenvalue weighted by atomic mass is 10.2. The number of anilines is 1. The molecule has 0 spiro atoms. The fourth-order valence-corrected chi connectivity index (χ4v) is 2.87. The molecule has 0 aromatic carbocycles. The molecule has 2 aromatic heterocycles. The highest BCUT2D eigenvalue weighted by atomic mass is 32.1. The third kappa shape index (κ3) is 3.52. The maximum Gasteiger partial charge on any atom is 0.322 e. The number of pyridine rings is 1. The number of methoxy groups -OCH3 is 1. The van der Waals surface area contributed by atoms with Gasteiger partial charge in [-0.15, -0.1) is 11.3 Å². The van der Waals surface area contributed by atoms with Crippen molar-refractivity contribution in [1.82, 2.24) is 9.88 Å². The second-order valence-corrected chi connectivity index (χ2v) is 6.05. The summed E-state index contributed by atoms with van der Waals surface area (Å²) in [5, 5.41) is 2.82. The highest BCUT2D eigenvalue weighted by Gasteiger charge is 2.19. The maximum atomic E-state index is 12.3. The summed E-state index contributed by atoms with van der Waals surface area (Å²) in [5.74, 6) is 0.402. The van der Waals surface area contributed by atoms with E-state index in [0.717, 1.165) is 4.88 Å². The smallest absolute Gasteiger partial charge is 0.322 e. The number of carbonyl (C=O) groups excluding carboxylic acids is 1. The van der Waals surface area contributed by atoms with E-state index < -0.39 is 0 Å². The average molecular weight is 305 g/mol. The molecule has 0 radical (unpaired) electrons. The second-order valence-electron chi connectivity index (χ2n) is 4.73. The van der Waals surface area contributed by atoms with Gasteiger partial charge in [0.1, 0.15) is 5.69 Å². The van der Waals surface area contributed by atoms with Crippen LogP contribution >= 0.6 is 11.3 Å². The number of aromatic nitrogens is 1. The quantitative estimate of drug-likeness (QED) is 0.937. The SMILES string of the molecule is COc1ncccc1NC(=O)N(C)[C@H](C)c1ccc(C)s1. The number of thiophene rings is 1. The first-order valence-corrected chi connectivity index (χ1v) is 7.43. The van der Waals surface area contributed by atoms with Crippen LogP contribution in [0, 0.1) is 6.92 Å². The lowest BCUT2D eigenvalue weighted by Crippen LogP contribution is -2.33. The molecule has 5 nitrogen and oxygen atoms in total. The number of urea groups is 1. The summed E-state index contributed by atoms with van der Waals surface area (Å²) < 4.78 is 5.13. The average Bonchev–Trinajstić information content (AvgIpc) is 2.92. The van der Waals surface area contributed by atoms with E-state index in [0.29, 0.717) is 11.6 Å². The molecule has 0 fully saturated rings. The van der Waals surface area contributed by atoms with Crippen molar-refractivity contribution < 1.29 is 9.53 Å². The van der Waals surface area contributed by atoms with Crippen LogP contribution in [0.2, 0.25) is 0 Å². The van der Waals surface area contributed by atoms with Gasteiger partial charge in [-0.05, 0) is 38.1 Å². The summed E-state index contributed by atoms with van der Waals surface area (Å²) in [4.78, 5) is 20.5. The zero-order valence-corrected chi connectivity index (χ0v) is 13.4. The van der Waals surface area contributed by atoms with Crippen LogP contribution in [0.3, 0.4) is 0 Å². The Morgan fingerprint density at radius 3 is 2.81 bits per heavy atom. The van der Waals surface area contributed by atoms with Gasteiger partial charge in [0.2, 0.25) is 5.88 Å². The monoisotopic (exact) mass is 305 g/mol. The van der Waals surface area contributed by atoms with Crippen LogP contribution in [0.25, 0.3) is 0 Å². The minimum atomic E-state index is -0.195. The second kappa shape index (κ2) is 6.58. The van der Waals surface area contributed by atoms with Gasteiger partial charge in [-0.3, -0.25) is 0 Å². The van der Waals surface area contributed by atoms with E-state index >= 15 is 0 Å². The summed E-state index contributed by atoms with van der Waals surface area (Å²) in [6.45, 7) is 4.06. The minimum absolute atomic E-state index is 0.00589. The van der Waals surface area contributed by atoms with E-state index in [1.807, 2.05) is 6.92 Å². The third-order valence-corrected chi connectivity index (χ3v) is 4.45. The van der Waals surface area contributed by atoms with Crippen LogP contribution in [0.4, 0.5) is 10.5 Å². The fraction of sp³-hybridized carbons (Fsp3) is 0.333. The van der Waals surface area contributed by atoms with Crippen molar-refractivity contribution in [3.05, 3.63) is 40.2 Å². The molecule has 112 valence electrons. The maximum absolute atomic E-state index is 12.3. The first-order valence-electron chi connectivity index (χ1n) is 6.62. The van der Waals surface area contributed by atoms with Gasteiger partial charge in [-0.25, -0.2) is 9.78 Å². The molecule has 0 aliphatic carbocycles. The number of amides is 2. The van der Waals surface area contributed by atoms with Crippen LogP contribution < -0.4 is 10.1 Å². The van der Waals surface area contributed by atoms with Gasteiger partial charge in [0, 0.05) is 23.0 Å². The minimum Gasteiger partial charge on any atom is -0.480 e. The van der Waals surface area contributed by atoms with Crippen molar-refractivity contribution in [3.63, 3.8) is 0 Å². The van der Waals surface area contributed by atoms with E-state index in [1.165, 1.54) is 12.0 Å². The highest BCUT2D eigenvalue weighted by molar-refractivity contribution is 7.12. The molecule has 6 heteroatoms. The third-order valence-electron chi connectivity index (χ3n) is 3.28. The molecule has 0 unspecified atom stereocenters. The molecule has 0 aliphatic heterocycles. The first-order chi connectivity index (χ1) is 10.0. The summed E-state index contributed by atoms with van der Waals surface area (Å²) in [6, 6.07) is 7.44. The van der Waals surface area contributed by atoms with E-state index in [4.69, 9.17) is 4.74 Å². The van der Waals surface area contributed by atoms with Gasteiger partial charge in [0.05, 0.1) is 13.2 Å². The fourth-order valence-electron chi connectivity index (χ4n) is 1.90. The Bertz CT molecular complexity index is 627. The van der Waals surface area contributed by atoms with Crippen LogP contribution in [0.1, 0.15) is 22.7 Å². The Balaban J connectivity index is 2.09. The predicted molar refractivity (Wildman–Crippen MR) is 85.0 cm³/mol. The van der Waals surface area contributed by atoms with Gasteiger partial charge < -0.3 is 15.0 Å². The zero-order valence-electron chi connectivity index (χ0n) is 12.6. The van der Waals surface area contributed by atoms with Crippen molar-refractivity contribution >= 4 is 23.1 Å². The molecule has 0 bridgehead atoms. The van der Waals surface area contributed by atoms with Crippen LogP contribution in [-0.4, -0.2) is 30.1 Å². The van der Waals surface area contributed by atoms with Gasteiger partial charge in [0.15, 0.2) is 0 Å². The Hall–Kier alpha value is -2.08. The number of aryl methyl sites for hydroxylation is 1. The number of hydrogen-bond acceptors (Lipinski definition) is 4. The van der Waals surface area contributed by atoms with Gasteiger partial charge >= 0.3 is 6.03 Å². The van der Waals surface area contributed by atoms with Gasteiger partial charge in [-0.1, -0.05) is 0 Å². The standard InChI is InChI=1S/C15H19N3O2S/c1-10-7-8-13(21-10)11(2)18(3)15(19)17-12-6-5-9-16-14(12)20-4/h5-9,11H,1-4H3,(H,17,19)/t11-/m1/s1. The van der Waals surface area contributed by atoms with Gasteiger partial charge in [0.25, 0.3) is 0 Å². The van der Waals surface area contributed by atoms with Gasteiger partial charge in [-0.2, -0.15) is 0 Å². The van der Waals surface area contributed by atoms with Crippen molar-refractivity contribution in [1.29, 1.82) is 0 Å². The molecule has 21 heavy (non-hydrogen) atoms. The summed E-state index contributed by atoms with van der Waals surface area (Å²) in [6.07, 6.45) is 1.62. The number of carbonyl (C=O) groups is 1. The Labute approximate surface area is 128 Å². The molecular weight excluding hydrogens is 286 g/mol. The Kier molecular flexibility index (Phi) is 4.80. The highest BCUT2D eigenvalue weighted by Crippen LogP contribution is 2.27. The van der Waals surface area contributed by atoms with Crippen LogP contribution in [-0.2, 0) is 0 Å². The van der Waals surface area contributed by atoms with E-state index in [-0.39, 0.29) is 12.1 Å². The molecule has 1 atom stereocenters. The predicted octanol–water partition coefficient (Wildman–Crippen LogP) is 3.69. The zero-order chi connectivity index (χ0) is 15.4. The molecule has 1 N–H and O–H groups in total. The normalized spacial score (nSPS) is 11.8. The molecule has 0 saturated carbocycles. The molecule has 2 aromatic rings. The van der Waals surface area contributed by atoms with E-state index in [2.05, 4.69) is 29.4 Å². The topological polar surface area (TPSA) is 54.5 Å². The first kappa shape index (κ1) is 15.3. The number of nitrogens with zero attached hydrogens (tertiary/aromatic N) is 2. The Morgan fingerprint density at radius 1 is 1.43 bits per heavy atom. The van der Waals surface area contributed by atoms with Crippen LogP contribution in [0.5, 0.6) is 5.88 Å². The van der Waals surface area contributed by atoms with E-state index in [9.17, 15) is 4.79 Å². The summed E-state index contributed by atoms with van der Waals surface area (Å²) in [5.41, 5.74) is 0.561. The molecule has 0 aliphatic rings. The summed E-state index contributed by atoms with van der Waals surface area (Å²) >= 11 is 1.70. The number of rotatable bonds is 4. The Morgan fingerprint density at radius 2 is 2.19 bits per heavy atom. The number of nitrogens with one attached hydrogen (secondary N) is 1. The number of ether oxygens (including phenoxy) is 1. The number of hydrogen-bond donors (Lipinski definition) is 1. The lowest BCUT2D eigenvalue weighted by Gasteiger charge is -2.24. The summed E-state index contributed by atoms with van der Waals surface area (Å²) in [7, 11) is 3.30. The van der Waals surface area contributed by atoms with Crippen molar-refractivity contribution in [2.24, 2.45) is 0 Å². The molecular formula is C15H19N3O2S. The van der Waals surface area contributed by atoms with Crippen molar-refractivity contribution in [3.8, 4) is 5.88 Å². The van der Waals surface area contributed by atoms with E-state index in [1.54, 1.807) is 41.6 Å². The van der Waals surface area contributed by atoms with Crippen LogP contribution in [0.15, 0.2) is 30.5 Å². The molecule has 2 heterocycles. The molecule has 2 amide bonds. The largest absolute Gasteiger partial charge is 0.480 e. The molecule has 0 saturated heterocycles. The van der Waals surface area contributed by atoms with Crippen molar-refractivity contribution in [2.45, 2.75) is 19.9 Å².